The summed E-state index contributed by atoms with van der Waals surface area (Å²) < 4.78 is 0. The van der Waals surface area contributed by atoms with Crippen LogP contribution in [0.4, 0.5) is 23.0 Å². The summed E-state index contributed by atoms with van der Waals surface area (Å²) >= 11 is 0. The first-order valence-corrected chi connectivity index (χ1v) is 14.9. The van der Waals surface area contributed by atoms with E-state index in [1.54, 1.807) is 6.33 Å². The van der Waals surface area contributed by atoms with Crippen LogP contribution in [0.15, 0.2) is 48.8 Å². The van der Waals surface area contributed by atoms with Gasteiger partial charge in [0.1, 0.15) is 17.6 Å². The third kappa shape index (κ3) is 6.05. The number of anilines is 4. The highest BCUT2D eigenvalue weighted by Crippen LogP contribution is 2.34. The highest BCUT2D eigenvalue weighted by atomic mass is 16.3. The van der Waals surface area contributed by atoms with E-state index < -0.39 is 6.23 Å². The summed E-state index contributed by atoms with van der Waals surface area (Å²) in [6, 6.07) is 15.0. The summed E-state index contributed by atoms with van der Waals surface area (Å²) in [7, 11) is 2.21. The Hall–Kier alpha value is -3.77. The SMILES string of the molecule is CC(C)Nc1nc(Nc2ccc(N3CCC(N4CCN(C)CC4)CC3)cc2)c(C(N)O)nc1-c1cccc2[nH]cnc12. The molecule has 0 saturated carbocycles. The molecule has 0 spiro atoms. The Balaban J connectivity index is 1.21. The molecule has 2 aromatic carbocycles. The second-order valence-electron chi connectivity index (χ2n) is 11.7. The predicted octanol–water partition coefficient (Wildman–Crippen LogP) is 3.75. The fraction of sp³-hybridized carbons (Fsp3) is 0.452. The Morgan fingerprint density at radius 3 is 2.38 bits per heavy atom. The molecule has 42 heavy (non-hydrogen) atoms. The number of aliphatic hydroxyl groups excluding tert-OH is 1. The number of piperidine rings is 1. The van der Waals surface area contributed by atoms with Gasteiger partial charge in [0, 0.05) is 68.3 Å². The molecule has 0 bridgehead atoms. The van der Waals surface area contributed by atoms with Crippen molar-refractivity contribution in [1.29, 1.82) is 0 Å². The Morgan fingerprint density at radius 2 is 1.69 bits per heavy atom. The summed E-state index contributed by atoms with van der Waals surface area (Å²) in [5.41, 5.74) is 11.4. The highest BCUT2D eigenvalue weighted by Gasteiger charge is 2.27. The molecule has 0 aliphatic carbocycles. The smallest absolute Gasteiger partial charge is 0.158 e. The molecule has 2 aliphatic rings. The zero-order valence-corrected chi connectivity index (χ0v) is 24.7. The molecule has 4 aromatic rings. The monoisotopic (exact) mass is 570 g/mol. The zero-order valence-electron chi connectivity index (χ0n) is 24.7. The minimum Gasteiger partial charge on any atom is -0.373 e. The number of aromatic nitrogens is 4. The van der Waals surface area contributed by atoms with Crippen molar-refractivity contribution in [3.8, 4) is 11.3 Å². The number of rotatable bonds is 8. The maximum atomic E-state index is 10.5. The van der Waals surface area contributed by atoms with Crippen molar-refractivity contribution in [3.63, 3.8) is 0 Å². The van der Waals surface area contributed by atoms with Crippen LogP contribution in [0.5, 0.6) is 0 Å². The molecule has 0 amide bonds. The van der Waals surface area contributed by atoms with Gasteiger partial charge < -0.3 is 36.3 Å². The Labute approximate surface area is 247 Å². The molecule has 2 saturated heterocycles. The zero-order chi connectivity index (χ0) is 29.2. The number of aliphatic hydroxyl groups is 1. The fourth-order valence-corrected chi connectivity index (χ4v) is 6.03. The lowest BCUT2D eigenvalue weighted by molar-refractivity contribution is 0.0982. The van der Waals surface area contributed by atoms with E-state index in [1.165, 1.54) is 44.7 Å². The average molecular weight is 571 g/mol. The lowest BCUT2D eigenvalue weighted by atomic mass is 10.0. The van der Waals surface area contributed by atoms with E-state index in [9.17, 15) is 5.11 Å². The molecule has 6 N–H and O–H groups in total. The van der Waals surface area contributed by atoms with Gasteiger partial charge in [0.25, 0.3) is 0 Å². The van der Waals surface area contributed by atoms with Crippen molar-refractivity contribution >= 4 is 34.0 Å². The first kappa shape index (κ1) is 28.4. The number of benzene rings is 2. The fourth-order valence-electron chi connectivity index (χ4n) is 6.03. The molecule has 11 heteroatoms. The van der Waals surface area contributed by atoms with Crippen LogP contribution in [0, 0.1) is 0 Å². The van der Waals surface area contributed by atoms with Crippen molar-refractivity contribution < 1.29 is 5.11 Å². The van der Waals surface area contributed by atoms with Gasteiger partial charge in [-0.1, -0.05) is 12.1 Å². The van der Waals surface area contributed by atoms with Crippen LogP contribution >= 0.6 is 0 Å². The van der Waals surface area contributed by atoms with Crippen molar-refractivity contribution in [1.82, 2.24) is 29.7 Å². The predicted molar refractivity (Wildman–Crippen MR) is 169 cm³/mol. The normalized spacial score (nSPS) is 18.1. The number of likely N-dealkylation sites (N-methyl/N-ethyl adjacent to an activating group) is 1. The number of nitrogens with two attached hydrogens (primary N) is 1. The van der Waals surface area contributed by atoms with E-state index in [-0.39, 0.29) is 11.7 Å². The standard InChI is InChI=1S/C31H42N10O/c1-20(2)35-30-27(24-5-4-6-25-26(24)34-19-33-25)37-28(29(32)42)31(38-30)36-21-7-9-22(10-8-21)40-13-11-23(12-14-40)41-17-15-39(3)16-18-41/h4-10,19-20,23,29,42H,11-18,32H2,1-3H3,(H,33,34)(H2,35,36,38). The van der Waals surface area contributed by atoms with E-state index in [1.807, 2.05) is 44.2 Å². The second-order valence-corrected chi connectivity index (χ2v) is 11.7. The molecular weight excluding hydrogens is 528 g/mol. The second kappa shape index (κ2) is 12.2. The molecule has 2 aromatic heterocycles. The maximum absolute atomic E-state index is 10.5. The van der Waals surface area contributed by atoms with Crippen LogP contribution in [-0.2, 0) is 0 Å². The van der Waals surface area contributed by atoms with Crippen LogP contribution in [0.2, 0.25) is 0 Å². The molecule has 222 valence electrons. The van der Waals surface area contributed by atoms with Gasteiger partial charge in [0.2, 0.25) is 0 Å². The van der Waals surface area contributed by atoms with Crippen LogP contribution < -0.4 is 21.3 Å². The third-order valence-corrected chi connectivity index (χ3v) is 8.35. The summed E-state index contributed by atoms with van der Waals surface area (Å²) in [5, 5.41) is 17.3. The van der Waals surface area contributed by atoms with E-state index in [0.29, 0.717) is 23.4 Å². The minimum absolute atomic E-state index is 0.109. The quantitative estimate of drug-likeness (QED) is 0.199. The number of aromatic amines is 1. The van der Waals surface area contributed by atoms with E-state index in [4.69, 9.17) is 15.7 Å². The molecular formula is C31H42N10O. The molecule has 6 rings (SSSR count). The maximum Gasteiger partial charge on any atom is 0.158 e. The molecule has 2 aliphatic heterocycles. The van der Waals surface area contributed by atoms with Crippen LogP contribution in [0.1, 0.15) is 38.6 Å². The summed E-state index contributed by atoms with van der Waals surface area (Å²) in [4.78, 5) is 24.9. The minimum atomic E-state index is -1.31. The number of hydrogen-bond acceptors (Lipinski definition) is 10. The number of imidazole rings is 1. The first-order valence-electron chi connectivity index (χ1n) is 14.9. The molecule has 11 nitrogen and oxygen atoms in total. The van der Waals surface area contributed by atoms with Crippen LogP contribution in [-0.4, -0.2) is 93.2 Å². The van der Waals surface area contributed by atoms with E-state index >= 15 is 0 Å². The number of nitrogens with zero attached hydrogens (tertiary/aromatic N) is 6. The number of fused-ring (bicyclic) bond motifs is 1. The van der Waals surface area contributed by atoms with Gasteiger partial charge in [0.05, 0.1) is 17.4 Å². The molecule has 4 heterocycles. The Bertz CT molecular complexity index is 1490. The topological polar surface area (TPSA) is 134 Å². The van der Waals surface area contributed by atoms with E-state index in [0.717, 1.165) is 35.4 Å². The van der Waals surface area contributed by atoms with Crippen molar-refractivity contribution in [3.05, 3.63) is 54.5 Å². The van der Waals surface area contributed by atoms with Gasteiger partial charge in [0.15, 0.2) is 11.6 Å². The van der Waals surface area contributed by atoms with Gasteiger partial charge in [-0.3, -0.25) is 4.90 Å². The number of H-pyrrole nitrogens is 1. The largest absolute Gasteiger partial charge is 0.373 e. The lowest BCUT2D eigenvalue weighted by Crippen LogP contribution is -2.52. The van der Waals surface area contributed by atoms with Gasteiger partial charge in [-0.25, -0.2) is 15.0 Å². The Morgan fingerprint density at radius 1 is 0.952 bits per heavy atom. The Kier molecular flexibility index (Phi) is 8.25. The van der Waals surface area contributed by atoms with Crippen LogP contribution in [0.3, 0.4) is 0 Å². The number of hydrogen-bond donors (Lipinski definition) is 5. The van der Waals surface area contributed by atoms with Gasteiger partial charge >= 0.3 is 0 Å². The molecule has 2 fully saturated rings. The highest BCUT2D eigenvalue weighted by molar-refractivity contribution is 5.93. The average Bonchev–Trinajstić information content (AvgIpc) is 3.47. The number of piperazine rings is 1. The number of nitrogens with one attached hydrogen (secondary N) is 3. The molecule has 0 radical (unpaired) electrons. The van der Waals surface area contributed by atoms with Gasteiger partial charge in [-0.05, 0) is 64.1 Å². The van der Waals surface area contributed by atoms with Crippen molar-refractivity contribution in [2.75, 3.05) is 61.8 Å². The van der Waals surface area contributed by atoms with Gasteiger partial charge in [-0.15, -0.1) is 0 Å². The molecule has 1 atom stereocenters. The first-order chi connectivity index (χ1) is 20.4. The van der Waals surface area contributed by atoms with Gasteiger partial charge in [-0.2, -0.15) is 0 Å². The van der Waals surface area contributed by atoms with E-state index in [2.05, 4.69) is 54.5 Å². The lowest BCUT2D eigenvalue weighted by Gasteiger charge is -2.42. The third-order valence-electron chi connectivity index (χ3n) is 8.35. The summed E-state index contributed by atoms with van der Waals surface area (Å²) in [6.45, 7) is 10.9. The molecule has 1 unspecified atom stereocenters. The van der Waals surface area contributed by atoms with Crippen LogP contribution in [0.25, 0.3) is 22.3 Å². The summed E-state index contributed by atoms with van der Waals surface area (Å²) in [6.07, 6.45) is 2.74. The van der Waals surface area contributed by atoms with Crippen molar-refractivity contribution in [2.45, 2.75) is 45.0 Å². The number of para-hydroxylation sites is 1. The summed E-state index contributed by atoms with van der Waals surface area (Å²) in [5.74, 6) is 0.999. The van der Waals surface area contributed by atoms with Crippen molar-refractivity contribution in [2.24, 2.45) is 5.73 Å².